The first-order valence-corrected chi connectivity index (χ1v) is 8.21. The van der Waals surface area contributed by atoms with Crippen LogP contribution in [0.4, 0.5) is 0 Å². The topological polar surface area (TPSA) is 61.8 Å². The van der Waals surface area contributed by atoms with Crippen molar-refractivity contribution >= 4 is 11.9 Å². The van der Waals surface area contributed by atoms with E-state index in [4.69, 9.17) is 14.2 Å². The molecule has 25 heavy (non-hydrogen) atoms. The average molecular weight is 342 g/mol. The summed E-state index contributed by atoms with van der Waals surface area (Å²) in [6.07, 6.45) is 0.726. The first-order chi connectivity index (χ1) is 12.0. The summed E-state index contributed by atoms with van der Waals surface area (Å²) < 4.78 is 15.7. The zero-order valence-electron chi connectivity index (χ0n) is 14.7. The maximum absolute atomic E-state index is 11.9. The molecule has 0 N–H and O–H groups in total. The van der Waals surface area contributed by atoms with Crippen molar-refractivity contribution in [3.63, 3.8) is 0 Å². The summed E-state index contributed by atoms with van der Waals surface area (Å²) in [5.41, 5.74) is 1.52. The molecule has 0 aliphatic heterocycles. The molecule has 5 heteroatoms. The number of esters is 2. The van der Waals surface area contributed by atoms with Crippen LogP contribution in [0.1, 0.15) is 36.7 Å². The smallest absolute Gasteiger partial charge is 0.349 e. The molecule has 2 rings (SSSR count). The van der Waals surface area contributed by atoms with Crippen LogP contribution in [0.15, 0.2) is 48.5 Å². The lowest BCUT2D eigenvalue weighted by atomic mass is 10.2. The lowest BCUT2D eigenvalue weighted by Crippen LogP contribution is -2.18. The average Bonchev–Trinajstić information content (AvgIpc) is 2.60. The molecule has 2 aromatic rings. The van der Waals surface area contributed by atoms with E-state index in [1.54, 1.807) is 32.0 Å². The van der Waals surface area contributed by atoms with Crippen molar-refractivity contribution in [2.45, 2.75) is 33.3 Å². The molecule has 0 aliphatic carbocycles. The van der Waals surface area contributed by atoms with Gasteiger partial charge in [-0.05, 0) is 56.2 Å². The van der Waals surface area contributed by atoms with Gasteiger partial charge in [-0.25, -0.2) is 9.59 Å². The zero-order valence-corrected chi connectivity index (χ0v) is 14.7. The Morgan fingerprint density at radius 3 is 2.36 bits per heavy atom. The standard InChI is InChI=1S/C20H22O5/c1-4-15-8-10-17(11-9-15)23-13-19(21)25-18-7-5-6-16(12-18)20(22)24-14(2)3/h5-12,14H,4,13H2,1-3H3. The maximum Gasteiger partial charge on any atom is 0.349 e. The van der Waals surface area contributed by atoms with Gasteiger partial charge in [0, 0.05) is 0 Å². The fourth-order valence-electron chi connectivity index (χ4n) is 2.09. The molecule has 0 radical (unpaired) electrons. The molecule has 5 nitrogen and oxygen atoms in total. The fourth-order valence-corrected chi connectivity index (χ4v) is 2.09. The van der Waals surface area contributed by atoms with E-state index in [9.17, 15) is 9.59 Å². The van der Waals surface area contributed by atoms with Crippen LogP contribution in [-0.4, -0.2) is 24.6 Å². The molecule has 0 saturated carbocycles. The third kappa shape index (κ3) is 5.95. The van der Waals surface area contributed by atoms with Crippen LogP contribution in [0.2, 0.25) is 0 Å². The van der Waals surface area contributed by atoms with E-state index in [0.29, 0.717) is 11.3 Å². The van der Waals surface area contributed by atoms with Gasteiger partial charge in [0.25, 0.3) is 0 Å². The number of carbonyl (C=O) groups excluding carboxylic acids is 2. The Labute approximate surface area is 147 Å². The molecule has 0 aliphatic rings. The highest BCUT2D eigenvalue weighted by Gasteiger charge is 2.12. The van der Waals surface area contributed by atoms with Crippen LogP contribution in [0.5, 0.6) is 11.5 Å². The molecule has 0 heterocycles. The van der Waals surface area contributed by atoms with Crippen LogP contribution in [0, 0.1) is 0 Å². The fraction of sp³-hybridized carbons (Fsp3) is 0.300. The second-order valence-electron chi connectivity index (χ2n) is 5.74. The maximum atomic E-state index is 11.9. The highest BCUT2D eigenvalue weighted by Crippen LogP contribution is 2.16. The highest BCUT2D eigenvalue weighted by atomic mass is 16.6. The summed E-state index contributed by atoms with van der Waals surface area (Å²) in [6.45, 7) is 5.39. The van der Waals surface area contributed by atoms with Gasteiger partial charge in [0.1, 0.15) is 11.5 Å². The minimum absolute atomic E-state index is 0.216. The Morgan fingerprint density at radius 1 is 1.00 bits per heavy atom. The van der Waals surface area contributed by atoms with Crippen LogP contribution >= 0.6 is 0 Å². The first-order valence-electron chi connectivity index (χ1n) is 8.21. The van der Waals surface area contributed by atoms with Crippen molar-refractivity contribution in [3.8, 4) is 11.5 Å². The summed E-state index contributed by atoms with van der Waals surface area (Å²) in [7, 11) is 0. The van der Waals surface area contributed by atoms with Crippen LogP contribution in [0.25, 0.3) is 0 Å². The second-order valence-corrected chi connectivity index (χ2v) is 5.74. The van der Waals surface area contributed by atoms with Crippen LogP contribution < -0.4 is 9.47 Å². The molecular weight excluding hydrogens is 320 g/mol. The van der Waals surface area contributed by atoms with E-state index in [2.05, 4.69) is 6.92 Å². The van der Waals surface area contributed by atoms with E-state index >= 15 is 0 Å². The normalized spacial score (nSPS) is 10.4. The molecule has 0 amide bonds. The van der Waals surface area contributed by atoms with Gasteiger partial charge in [0.05, 0.1) is 11.7 Å². The van der Waals surface area contributed by atoms with E-state index in [1.807, 2.05) is 24.3 Å². The van der Waals surface area contributed by atoms with Gasteiger partial charge in [0.15, 0.2) is 6.61 Å². The molecule has 0 unspecified atom stereocenters. The van der Waals surface area contributed by atoms with Crippen LogP contribution in [0.3, 0.4) is 0 Å². The summed E-state index contributed by atoms with van der Waals surface area (Å²) in [4.78, 5) is 23.8. The van der Waals surface area contributed by atoms with Gasteiger partial charge in [-0.2, -0.15) is 0 Å². The van der Waals surface area contributed by atoms with E-state index in [0.717, 1.165) is 6.42 Å². The molecule has 132 valence electrons. The minimum Gasteiger partial charge on any atom is -0.482 e. The quantitative estimate of drug-likeness (QED) is 0.566. The number of carbonyl (C=O) groups is 2. The number of rotatable bonds is 7. The van der Waals surface area contributed by atoms with Gasteiger partial charge in [-0.1, -0.05) is 25.1 Å². The summed E-state index contributed by atoms with van der Waals surface area (Å²) >= 11 is 0. The Balaban J connectivity index is 1.90. The molecular formula is C20H22O5. The Hall–Kier alpha value is -2.82. The van der Waals surface area contributed by atoms with Crippen molar-refractivity contribution in [2.24, 2.45) is 0 Å². The summed E-state index contributed by atoms with van der Waals surface area (Å²) in [5.74, 6) is -0.134. The lowest BCUT2D eigenvalue weighted by molar-refractivity contribution is -0.136. The number of benzene rings is 2. The van der Waals surface area contributed by atoms with Crippen molar-refractivity contribution in [2.75, 3.05) is 6.61 Å². The zero-order chi connectivity index (χ0) is 18.2. The largest absolute Gasteiger partial charge is 0.482 e. The molecule has 0 aromatic heterocycles. The Morgan fingerprint density at radius 2 is 1.72 bits per heavy atom. The molecule has 0 fully saturated rings. The van der Waals surface area contributed by atoms with Crippen LogP contribution in [-0.2, 0) is 16.0 Å². The predicted octanol–water partition coefficient (Wildman–Crippen LogP) is 3.80. The summed E-state index contributed by atoms with van der Waals surface area (Å²) in [6, 6.07) is 13.8. The summed E-state index contributed by atoms with van der Waals surface area (Å²) in [5, 5.41) is 0. The van der Waals surface area contributed by atoms with Gasteiger partial charge in [-0.15, -0.1) is 0 Å². The third-order valence-electron chi connectivity index (χ3n) is 3.33. The monoisotopic (exact) mass is 342 g/mol. The molecule has 0 bridgehead atoms. The Bertz CT molecular complexity index is 719. The highest BCUT2D eigenvalue weighted by molar-refractivity contribution is 5.90. The van der Waals surface area contributed by atoms with E-state index in [-0.39, 0.29) is 18.5 Å². The van der Waals surface area contributed by atoms with E-state index < -0.39 is 11.9 Å². The van der Waals surface area contributed by atoms with Gasteiger partial charge >= 0.3 is 11.9 Å². The van der Waals surface area contributed by atoms with Crippen molar-refractivity contribution in [1.29, 1.82) is 0 Å². The Kier molecular flexibility index (Phi) is 6.57. The first kappa shape index (κ1) is 18.5. The second kappa shape index (κ2) is 8.87. The van der Waals surface area contributed by atoms with Gasteiger partial charge in [0.2, 0.25) is 0 Å². The third-order valence-corrected chi connectivity index (χ3v) is 3.33. The van der Waals surface area contributed by atoms with E-state index in [1.165, 1.54) is 11.6 Å². The van der Waals surface area contributed by atoms with Gasteiger partial charge in [-0.3, -0.25) is 0 Å². The number of hydrogen-bond acceptors (Lipinski definition) is 5. The predicted molar refractivity (Wildman–Crippen MR) is 93.9 cm³/mol. The van der Waals surface area contributed by atoms with Gasteiger partial charge < -0.3 is 14.2 Å². The van der Waals surface area contributed by atoms with Crippen molar-refractivity contribution in [3.05, 3.63) is 59.7 Å². The minimum atomic E-state index is -0.547. The molecule has 0 spiro atoms. The van der Waals surface area contributed by atoms with Crippen molar-refractivity contribution in [1.82, 2.24) is 0 Å². The molecule has 2 aromatic carbocycles. The molecule has 0 saturated heterocycles. The lowest BCUT2D eigenvalue weighted by Gasteiger charge is -2.10. The molecule has 0 atom stereocenters. The SMILES string of the molecule is CCc1ccc(OCC(=O)Oc2cccc(C(=O)OC(C)C)c2)cc1. The number of ether oxygens (including phenoxy) is 3. The number of aryl methyl sites for hydroxylation is 1. The van der Waals surface area contributed by atoms with Crippen molar-refractivity contribution < 1.29 is 23.8 Å². The number of hydrogen-bond donors (Lipinski definition) is 0.